The average molecular weight is 471 g/mol. The molecule has 0 N–H and O–H groups in total. The van der Waals surface area contributed by atoms with Crippen LogP contribution in [0, 0.1) is 47.3 Å². The minimum absolute atomic E-state index is 0.642. The summed E-state index contributed by atoms with van der Waals surface area (Å²) in [5, 5.41) is 0. The molecule has 2 aliphatic carbocycles. The highest BCUT2D eigenvalue weighted by atomic mass is 14.4. The van der Waals surface area contributed by atoms with Gasteiger partial charge in [0.2, 0.25) is 0 Å². The van der Waals surface area contributed by atoms with Crippen LogP contribution >= 0.6 is 0 Å². The summed E-state index contributed by atoms with van der Waals surface area (Å²) in [6.45, 7) is 28.0. The monoisotopic (exact) mass is 470 g/mol. The zero-order valence-electron chi connectivity index (χ0n) is 25.3. The van der Waals surface area contributed by atoms with Gasteiger partial charge in [-0.05, 0) is 102 Å². The fraction of sp³-hybridized carbons (Fsp3) is 0.824. The van der Waals surface area contributed by atoms with Gasteiger partial charge in [0.1, 0.15) is 0 Å². The lowest BCUT2D eigenvalue weighted by Gasteiger charge is -2.26. The molecule has 2 saturated carbocycles. The molecule has 4 unspecified atom stereocenters. The van der Waals surface area contributed by atoms with Crippen molar-refractivity contribution < 1.29 is 0 Å². The second kappa shape index (κ2) is 15.4. The predicted molar refractivity (Wildman–Crippen MR) is 156 cm³/mol. The molecular weight excluding hydrogens is 408 g/mol. The Labute approximate surface area is 216 Å². The van der Waals surface area contributed by atoms with E-state index in [9.17, 15) is 0 Å². The highest BCUT2D eigenvalue weighted by molar-refractivity contribution is 5.31. The fourth-order valence-corrected chi connectivity index (χ4v) is 6.50. The molecule has 0 radical (unpaired) electrons. The van der Waals surface area contributed by atoms with Crippen molar-refractivity contribution in [2.45, 2.75) is 133 Å². The van der Waals surface area contributed by atoms with E-state index in [1.807, 2.05) is 0 Å². The third-order valence-electron chi connectivity index (χ3n) is 8.98. The van der Waals surface area contributed by atoms with E-state index in [1.165, 1.54) is 49.7 Å². The lowest BCUT2D eigenvalue weighted by Crippen LogP contribution is -2.18. The Morgan fingerprint density at radius 2 is 0.853 bits per heavy atom. The summed E-state index contributed by atoms with van der Waals surface area (Å²) < 4.78 is 0. The van der Waals surface area contributed by atoms with E-state index in [2.05, 4.69) is 107 Å². The molecular formula is C34H62. The van der Waals surface area contributed by atoms with Gasteiger partial charge >= 0.3 is 0 Å². The molecule has 0 amide bonds. The summed E-state index contributed by atoms with van der Waals surface area (Å²) in [6.07, 6.45) is 8.92. The first-order chi connectivity index (χ1) is 15.9. The van der Waals surface area contributed by atoms with Gasteiger partial charge in [0.25, 0.3) is 0 Å². The highest BCUT2D eigenvalue weighted by Gasteiger charge is 2.31. The summed E-state index contributed by atoms with van der Waals surface area (Å²) >= 11 is 0. The van der Waals surface area contributed by atoms with Crippen LogP contribution in [0.25, 0.3) is 0 Å². The number of hydrogen-bond donors (Lipinski definition) is 0. The largest absolute Gasteiger partial charge is 0.0625 e. The minimum Gasteiger partial charge on any atom is -0.0625 e. The topological polar surface area (TPSA) is 0 Å². The van der Waals surface area contributed by atoms with Crippen LogP contribution in [-0.4, -0.2) is 0 Å². The summed E-state index contributed by atoms with van der Waals surface area (Å²) in [5.41, 5.74) is 2.99. The Hall–Kier alpha value is -0.780. The van der Waals surface area contributed by atoms with E-state index in [0.29, 0.717) is 11.8 Å². The normalized spacial score (nSPS) is 24.8. The van der Waals surface area contributed by atoms with Gasteiger partial charge in [-0.2, -0.15) is 0 Å². The van der Waals surface area contributed by atoms with Gasteiger partial charge < -0.3 is 0 Å². The van der Waals surface area contributed by atoms with Crippen molar-refractivity contribution in [3.63, 3.8) is 0 Å². The van der Waals surface area contributed by atoms with Crippen molar-refractivity contribution in [3.8, 4) is 0 Å². The summed E-state index contributed by atoms with van der Waals surface area (Å²) in [5.74, 6) is 9.04. The first-order valence-electron chi connectivity index (χ1n) is 14.9. The van der Waals surface area contributed by atoms with E-state index in [0.717, 1.165) is 47.3 Å². The molecule has 0 heterocycles. The molecule has 2 fully saturated rings. The number of hydrogen-bond acceptors (Lipinski definition) is 0. The molecule has 0 aromatic heterocycles. The fourth-order valence-electron chi connectivity index (χ4n) is 6.50. The minimum atomic E-state index is 0.642. The molecule has 3 rings (SSSR count). The number of benzene rings is 1. The van der Waals surface area contributed by atoms with Crippen LogP contribution in [-0.2, 0) is 0 Å². The van der Waals surface area contributed by atoms with Crippen LogP contribution in [0.1, 0.15) is 145 Å². The summed E-state index contributed by atoms with van der Waals surface area (Å²) in [6, 6.07) is 8.72. The molecule has 0 bridgehead atoms. The molecule has 198 valence electrons. The molecule has 1 aromatic carbocycles. The van der Waals surface area contributed by atoms with Crippen LogP contribution in [0.3, 0.4) is 0 Å². The summed E-state index contributed by atoms with van der Waals surface area (Å²) in [7, 11) is 0. The maximum Gasteiger partial charge on any atom is -0.0216 e. The van der Waals surface area contributed by atoms with Crippen molar-refractivity contribution in [1.82, 2.24) is 0 Å². The number of rotatable bonds is 6. The molecule has 0 aliphatic heterocycles. The molecule has 1 aromatic rings. The highest BCUT2D eigenvalue weighted by Crippen LogP contribution is 2.41. The lowest BCUT2D eigenvalue weighted by molar-refractivity contribution is 0.235. The van der Waals surface area contributed by atoms with Gasteiger partial charge in [0, 0.05) is 0 Å². The maximum absolute atomic E-state index is 2.38. The third kappa shape index (κ3) is 10.1. The van der Waals surface area contributed by atoms with E-state index >= 15 is 0 Å². The average Bonchev–Trinajstić information content (AvgIpc) is 3.45. The molecule has 4 atom stereocenters. The Morgan fingerprint density at radius 3 is 1.09 bits per heavy atom. The van der Waals surface area contributed by atoms with Crippen molar-refractivity contribution in [3.05, 3.63) is 35.4 Å². The second-order valence-corrected chi connectivity index (χ2v) is 13.5. The molecule has 2 aliphatic rings. The standard InChI is InChI=1S/C12H18.2C11H22/c1-9(2)11-7-5-6-8-12(11)10(3)4;1-8(2)10-5-6-11(7-10)9(3)4;1-8(2)10-6-5-7-11(10)9(3)4/h5-10H,1-4H3;2*8-11H,5-7H2,1-4H3. The maximum atomic E-state index is 2.38. The SMILES string of the molecule is CC(C)C1CCC(C(C)C)C1.CC(C)C1CCCC1C(C)C.CC(C)c1ccccc1C(C)C. The summed E-state index contributed by atoms with van der Waals surface area (Å²) in [4.78, 5) is 0. The van der Waals surface area contributed by atoms with Gasteiger partial charge in [-0.25, -0.2) is 0 Å². The van der Waals surface area contributed by atoms with E-state index in [1.54, 1.807) is 0 Å². The molecule has 0 nitrogen and oxygen atoms in total. The zero-order chi connectivity index (χ0) is 26.0. The van der Waals surface area contributed by atoms with Crippen LogP contribution < -0.4 is 0 Å². The Balaban J connectivity index is 0.000000255. The van der Waals surface area contributed by atoms with Crippen molar-refractivity contribution >= 4 is 0 Å². The van der Waals surface area contributed by atoms with Gasteiger partial charge in [-0.15, -0.1) is 0 Å². The second-order valence-electron chi connectivity index (χ2n) is 13.5. The van der Waals surface area contributed by atoms with Crippen molar-refractivity contribution in [2.75, 3.05) is 0 Å². The molecule has 0 spiro atoms. The molecule has 34 heavy (non-hydrogen) atoms. The predicted octanol–water partition coefficient (Wildman–Crippen LogP) is 11.4. The zero-order valence-corrected chi connectivity index (χ0v) is 25.3. The van der Waals surface area contributed by atoms with Gasteiger partial charge in [-0.3, -0.25) is 0 Å². The van der Waals surface area contributed by atoms with Crippen LogP contribution in [0.15, 0.2) is 24.3 Å². The van der Waals surface area contributed by atoms with E-state index in [4.69, 9.17) is 0 Å². The van der Waals surface area contributed by atoms with Gasteiger partial charge in [0.05, 0.1) is 0 Å². The van der Waals surface area contributed by atoms with Crippen molar-refractivity contribution in [2.24, 2.45) is 47.3 Å². The Bertz CT molecular complexity index is 593. The van der Waals surface area contributed by atoms with Crippen LogP contribution in [0.5, 0.6) is 0 Å². The van der Waals surface area contributed by atoms with E-state index < -0.39 is 0 Å². The third-order valence-corrected chi connectivity index (χ3v) is 8.98. The first-order valence-corrected chi connectivity index (χ1v) is 14.9. The smallest absolute Gasteiger partial charge is 0.0216 e. The lowest BCUT2D eigenvalue weighted by atomic mass is 9.80. The van der Waals surface area contributed by atoms with Gasteiger partial charge in [0.15, 0.2) is 0 Å². The van der Waals surface area contributed by atoms with Crippen LogP contribution in [0.2, 0.25) is 0 Å². The van der Waals surface area contributed by atoms with Crippen LogP contribution in [0.4, 0.5) is 0 Å². The van der Waals surface area contributed by atoms with Crippen molar-refractivity contribution in [1.29, 1.82) is 0 Å². The Kier molecular flexibility index (Phi) is 14.1. The molecule has 0 saturated heterocycles. The Morgan fingerprint density at radius 1 is 0.500 bits per heavy atom. The van der Waals surface area contributed by atoms with E-state index in [-0.39, 0.29) is 0 Å². The van der Waals surface area contributed by atoms with Gasteiger partial charge in [-0.1, -0.05) is 114 Å². The quantitative estimate of drug-likeness (QED) is 0.387. The molecule has 0 heteroatoms. The first kappa shape index (κ1) is 31.3.